The highest BCUT2D eigenvalue weighted by atomic mass is 19.3. The molecule has 0 spiro atoms. The minimum atomic E-state index is -2.52. The van der Waals surface area contributed by atoms with Crippen LogP contribution < -0.4 is 15.2 Å². The summed E-state index contributed by atoms with van der Waals surface area (Å²) in [6.07, 6.45) is -2.41. The molecule has 0 bridgehead atoms. The van der Waals surface area contributed by atoms with E-state index in [4.69, 9.17) is 15.2 Å². The molecule has 5 heteroatoms. The van der Waals surface area contributed by atoms with Gasteiger partial charge in [-0.05, 0) is 24.1 Å². The number of hydrogen-bond acceptors (Lipinski definition) is 3. The van der Waals surface area contributed by atoms with E-state index in [2.05, 4.69) is 0 Å². The second-order valence-corrected chi connectivity index (χ2v) is 3.39. The van der Waals surface area contributed by atoms with Crippen LogP contribution in [0.5, 0.6) is 11.5 Å². The first-order valence-electron chi connectivity index (χ1n) is 4.83. The minimum absolute atomic E-state index is 0.109. The van der Waals surface area contributed by atoms with Gasteiger partial charge in [0.05, 0.1) is 20.3 Å². The van der Waals surface area contributed by atoms with Crippen molar-refractivity contribution in [3.63, 3.8) is 0 Å². The average Bonchev–Trinajstić information content (AvgIpc) is 2.28. The molecular formula is C11H15F2NO2. The topological polar surface area (TPSA) is 44.5 Å². The summed E-state index contributed by atoms with van der Waals surface area (Å²) in [4.78, 5) is 0. The fourth-order valence-electron chi connectivity index (χ4n) is 1.37. The lowest BCUT2D eigenvalue weighted by molar-refractivity contribution is 0.116. The molecule has 0 aliphatic carbocycles. The summed E-state index contributed by atoms with van der Waals surface area (Å²) >= 11 is 0. The Bertz CT molecular complexity index is 345. The van der Waals surface area contributed by atoms with Crippen LogP contribution in [0.3, 0.4) is 0 Å². The Morgan fingerprint density at radius 3 is 2.31 bits per heavy atom. The van der Waals surface area contributed by atoms with Crippen molar-refractivity contribution in [2.75, 3.05) is 14.2 Å². The molecule has 1 rings (SSSR count). The lowest BCUT2D eigenvalue weighted by Gasteiger charge is -2.12. The molecule has 0 fully saturated rings. The summed E-state index contributed by atoms with van der Waals surface area (Å²) in [5.41, 5.74) is 5.99. The predicted molar refractivity (Wildman–Crippen MR) is 57.2 cm³/mol. The van der Waals surface area contributed by atoms with Crippen molar-refractivity contribution in [3.05, 3.63) is 23.8 Å². The first-order chi connectivity index (χ1) is 7.58. The lowest BCUT2D eigenvalue weighted by Crippen LogP contribution is -2.30. The molecule has 0 saturated heterocycles. The van der Waals surface area contributed by atoms with Gasteiger partial charge in [0, 0.05) is 0 Å². The molecule has 0 aromatic heterocycles. The molecule has 2 N–H and O–H groups in total. The normalized spacial score (nSPS) is 12.6. The van der Waals surface area contributed by atoms with Crippen molar-refractivity contribution in [2.45, 2.75) is 18.9 Å². The van der Waals surface area contributed by atoms with Gasteiger partial charge >= 0.3 is 0 Å². The van der Waals surface area contributed by atoms with Gasteiger partial charge in [0.2, 0.25) is 0 Å². The van der Waals surface area contributed by atoms with Crippen LogP contribution in [-0.4, -0.2) is 26.7 Å². The summed E-state index contributed by atoms with van der Waals surface area (Å²) in [6, 6.07) is 3.87. The van der Waals surface area contributed by atoms with E-state index in [0.29, 0.717) is 17.1 Å². The SMILES string of the molecule is COc1ccc(C[C@@H](N)C(F)F)cc1OC. The van der Waals surface area contributed by atoms with Crippen molar-refractivity contribution in [1.82, 2.24) is 0 Å². The molecule has 1 atom stereocenters. The Balaban J connectivity index is 2.82. The summed E-state index contributed by atoms with van der Waals surface area (Å²) in [6.45, 7) is 0. The first kappa shape index (κ1) is 12.7. The van der Waals surface area contributed by atoms with Gasteiger partial charge in [-0.15, -0.1) is 0 Å². The number of halogens is 2. The molecule has 1 aromatic rings. The monoisotopic (exact) mass is 231 g/mol. The molecule has 0 amide bonds. The van der Waals surface area contributed by atoms with Crippen molar-refractivity contribution >= 4 is 0 Å². The van der Waals surface area contributed by atoms with E-state index in [0.717, 1.165) is 0 Å². The molecular weight excluding hydrogens is 216 g/mol. The second-order valence-electron chi connectivity index (χ2n) is 3.39. The van der Waals surface area contributed by atoms with Crippen molar-refractivity contribution in [2.24, 2.45) is 5.73 Å². The number of benzene rings is 1. The Morgan fingerprint density at radius 2 is 1.81 bits per heavy atom. The number of ether oxygens (including phenoxy) is 2. The van der Waals surface area contributed by atoms with E-state index >= 15 is 0 Å². The highest BCUT2D eigenvalue weighted by Crippen LogP contribution is 2.28. The molecule has 1 aromatic carbocycles. The number of nitrogens with two attached hydrogens (primary N) is 1. The third-order valence-electron chi connectivity index (χ3n) is 2.24. The van der Waals surface area contributed by atoms with Crippen LogP contribution in [0.1, 0.15) is 5.56 Å². The molecule has 0 saturated carbocycles. The van der Waals surface area contributed by atoms with Gasteiger partial charge in [0.25, 0.3) is 6.43 Å². The molecule has 16 heavy (non-hydrogen) atoms. The molecule has 0 heterocycles. The highest BCUT2D eigenvalue weighted by molar-refractivity contribution is 5.43. The number of methoxy groups -OCH3 is 2. The maximum Gasteiger partial charge on any atom is 0.253 e. The number of hydrogen-bond donors (Lipinski definition) is 1. The fourth-order valence-corrected chi connectivity index (χ4v) is 1.37. The van der Waals surface area contributed by atoms with E-state index in [1.807, 2.05) is 0 Å². The van der Waals surface area contributed by atoms with Gasteiger partial charge in [-0.25, -0.2) is 8.78 Å². The van der Waals surface area contributed by atoms with Crippen LogP contribution in [0.4, 0.5) is 8.78 Å². The van der Waals surface area contributed by atoms with E-state index in [9.17, 15) is 8.78 Å². The predicted octanol–water partition coefficient (Wildman–Crippen LogP) is 1.84. The lowest BCUT2D eigenvalue weighted by atomic mass is 10.1. The average molecular weight is 231 g/mol. The third kappa shape index (κ3) is 3.06. The zero-order valence-electron chi connectivity index (χ0n) is 9.24. The molecule has 0 aliphatic heterocycles. The van der Waals surface area contributed by atoms with E-state index in [-0.39, 0.29) is 6.42 Å². The first-order valence-corrected chi connectivity index (χ1v) is 4.83. The van der Waals surface area contributed by atoms with Crippen molar-refractivity contribution in [3.8, 4) is 11.5 Å². The Kier molecular flexibility index (Phi) is 4.49. The standard InChI is InChI=1S/C11H15F2NO2/c1-15-9-4-3-7(6-10(9)16-2)5-8(14)11(12)13/h3-4,6,8,11H,5,14H2,1-2H3/t8-/m1/s1. The van der Waals surface area contributed by atoms with Gasteiger partial charge in [0.15, 0.2) is 11.5 Å². The minimum Gasteiger partial charge on any atom is -0.493 e. The summed E-state index contributed by atoms with van der Waals surface area (Å²) in [7, 11) is 3.01. The van der Waals surface area contributed by atoms with E-state index in [1.54, 1.807) is 18.2 Å². The van der Waals surface area contributed by atoms with E-state index < -0.39 is 12.5 Å². The van der Waals surface area contributed by atoms with Crippen LogP contribution in [0, 0.1) is 0 Å². The third-order valence-corrected chi connectivity index (χ3v) is 2.24. The Morgan fingerprint density at radius 1 is 1.19 bits per heavy atom. The number of rotatable bonds is 5. The van der Waals surface area contributed by atoms with Crippen LogP contribution in [0.2, 0.25) is 0 Å². The molecule has 3 nitrogen and oxygen atoms in total. The van der Waals surface area contributed by atoms with Crippen molar-refractivity contribution < 1.29 is 18.3 Å². The second kappa shape index (κ2) is 5.65. The van der Waals surface area contributed by atoms with Crippen LogP contribution in [-0.2, 0) is 6.42 Å². The van der Waals surface area contributed by atoms with Crippen LogP contribution in [0.15, 0.2) is 18.2 Å². The summed E-state index contributed by atoms with van der Waals surface area (Å²) in [5, 5.41) is 0. The molecule has 0 aliphatic rings. The molecule has 0 unspecified atom stereocenters. The van der Waals surface area contributed by atoms with Gasteiger partial charge in [-0.1, -0.05) is 6.07 Å². The van der Waals surface area contributed by atoms with Gasteiger partial charge in [-0.3, -0.25) is 0 Å². The van der Waals surface area contributed by atoms with Crippen molar-refractivity contribution in [1.29, 1.82) is 0 Å². The smallest absolute Gasteiger partial charge is 0.253 e. The highest BCUT2D eigenvalue weighted by Gasteiger charge is 2.16. The maximum atomic E-state index is 12.3. The Labute approximate surface area is 93.2 Å². The summed E-state index contributed by atoms with van der Waals surface area (Å²) < 4.78 is 34.6. The van der Waals surface area contributed by atoms with E-state index in [1.165, 1.54) is 14.2 Å². The quantitative estimate of drug-likeness (QED) is 0.841. The number of alkyl halides is 2. The van der Waals surface area contributed by atoms with Gasteiger partial charge in [-0.2, -0.15) is 0 Å². The zero-order chi connectivity index (χ0) is 12.1. The molecule has 90 valence electrons. The summed E-state index contributed by atoms with van der Waals surface area (Å²) in [5.74, 6) is 1.08. The van der Waals surface area contributed by atoms with Crippen LogP contribution >= 0.6 is 0 Å². The van der Waals surface area contributed by atoms with Gasteiger partial charge in [0.1, 0.15) is 0 Å². The maximum absolute atomic E-state index is 12.3. The largest absolute Gasteiger partial charge is 0.493 e. The fraction of sp³-hybridized carbons (Fsp3) is 0.455. The zero-order valence-corrected chi connectivity index (χ0v) is 9.24. The van der Waals surface area contributed by atoms with Crippen LogP contribution in [0.25, 0.3) is 0 Å². The van der Waals surface area contributed by atoms with Gasteiger partial charge < -0.3 is 15.2 Å². The molecule has 0 radical (unpaired) electrons. The Hall–Kier alpha value is -1.36.